The summed E-state index contributed by atoms with van der Waals surface area (Å²) in [6.07, 6.45) is 2.53. The summed E-state index contributed by atoms with van der Waals surface area (Å²) in [5.41, 5.74) is 3.56. The fourth-order valence-corrected chi connectivity index (χ4v) is 2.75. The SMILES string of the molecule is N#Cc1cccc(-c2csc(Cc3ccccn3)n2)c1. The molecule has 0 bridgehead atoms. The van der Waals surface area contributed by atoms with Crippen molar-refractivity contribution >= 4 is 11.3 Å². The number of rotatable bonds is 3. The Balaban J connectivity index is 1.85. The largest absolute Gasteiger partial charge is 0.261 e. The van der Waals surface area contributed by atoms with E-state index in [4.69, 9.17) is 5.26 Å². The van der Waals surface area contributed by atoms with Gasteiger partial charge >= 0.3 is 0 Å². The zero-order chi connectivity index (χ0) is 13.8. The van der Waals surface area contributed by atoms with E-state index in [9.17, 15) is 0 Å². The minimum absolute atomic E-state index is 0.654. The van der Waals surface area contributed by atoms with E-state index < -0.39 is 0 Å². The standard InChI is InChI=1S/C16H11N3S/c17-10-12-4-3-5-13(8-12)15-11-20-16(19-15)9-14-6-1-2-7-18-14/h1-8,11H,9H2. The van der Waals surface area contributed by atoms with E-state index in [-0.39, 0.29) is 0 Å². The first-order valence-electron chi connectivity index (χ1n) is 6.20. The number of aromatic nitrogens is 2. The summed E-state index contributed by atoms with van der Waals surface area (Å²) in [5.74, 6) is 0. The lowest BCUT2D eigenvalue weighted by atomic mass is 10.1. The van der Waals surface area contributed by atoms with Crippen molar-refractivity contribution in [1.82, 2.24) is 9.97 Å². The first kappa shape index (κ1) is 12.5. The molecule has 2 heterocycles. The highest BCUT2D eigenvalue weighted by atomic mass is 32.1. The van der Waals surface area contributed by atoms with Gasteiger partial charge in [-0.25, -0.2) is 4.98 Å². The molecule has 3 nitrogen and oxygen atoms in total. The number of hydrogen-bond acceptors (Lipinski definition) is 4. The highest BCUT2D eigenvalue weighted by Crippen LogP contribution is 2.23. The van der Waals surface area contributed by atoms with E-state index in [1.165, 1.54) is 0 Å². The Kier molecular flexibility index (Phi) is 3.53. The average Bonchev–Trinajstić information content (AvgIpc) is 2.97. The van der Waals surface area contributed by atoms with E-state index in [1.807, 2.05) is 41.8 Å². The molecule has 1 aromatic carbocycles. The molecule has 0 unspecified atom stereocenters. The molecule has 4 heteroatoms. The molecule has 0 N–H and O–H groups in total. The molecule has 3 rings (SSSR count). The average molecular weight is 277 g/mol. The fourth-order valence-electron chi connectivity index (χ4n) is 1.93. The molecule has 0 aliphatic heterocycles. The molecule has 0 amide bonds. The Hall–Kier alpha value is -2.51. The number of thiazole rings is 1. The third-order valence-corrected chi connectivity index (χ3v) is 3.75. The van der Waals surface area contributed by atoms with E-state index in [0.717, 1.165) is 28.4 Å². The maximum atomic E-state index is 8.93. The smallest absolute Gasteiger partial charge is 0.0992 e. The Bertz CT molecular complexity index is 757. The van der Waals surface area contributed by atoms with Gasteiger partial charge in [0.1, 0.15) is 0 Å². The molecule has 0 saturated heterocycles. The van der Waals surface area contributed by atoms with Gasteiger partial charge in [0.2, 0.25) is 0 Å². The molecule has 0 radical (unpaired) electrons. The second-order valence-electron chi connectivity index (χ2n) is 4.32. The predicted molar refractivity (Wildman–Crippen MR) is 79.3 cm³/mol. The highest BCUT2D eigenvalue weighted by molar-refractivity contribution is 7.10. The quantitative estimate of drug-likeness (QED) is 0.734. The molecule has 0 spiro atoms. The Morgan fingerprint density at radius 1 is 1.15 bits per heavy atom. The molecule has 0 aliphatic rings. The number of hydrogen-bond donors (Lipinski definition) is 0. The van der Waals surface area contributed by atoms with Crippen LogP contribution in [-0.4, -0.2) is 9.97 Å². The Labute approximate surface area is 121 Å². The van der Waals surface area contributed by atoms with E-state index in [2.05, 4.69) is 16.0 Å². The van der Waals surface area contributed by atoms with E-state index in [1.54, 1.807) is 23.6 Å². The molecule has 2 aromatic heterocycles. The van der Waals surface area contributed by atoms with Crippen molar-refractivity contribution in [2.24, 2.45) is 0 Å². The topological polar surface area (TPSA) is 49.6 Å². The van der Waals surface area contributed by atoms with Gasteiger partial charge in [-0.2, -0.15) is 5.26 Å². The van der Waals surface area contributed by atoms with Gasteiger partial charge in [0, 0.05) is 29.3 Å². The molecular formula is C16H11N3S. The van der Waals surface area contributed by atoms with Gasteiger partial charge in [0.05, 0.1) is 22.3 Å². The minimum atomic E-state index is 0.654. The summed E-state index contributed by atoms with van der Waals surface area (Å²) in [7, 11) is 0. The highest BCUT2D eigenvalue weighted by Gasteiger charge is 2.06. The summed E-state index contributed by atoms with van der Waals surface area (Å²) < 4.78 is 0. The fraction of sp³-hybridized carbons (Fsp3) is 0.0625. The molecular weight excluding hydrogens is 266 g/mol. The van der Waals surface area contributed by atoms with Crippen LogP contribution < -0.4 is 0 Å². The molecule has 0 atom stereocenters. The number of benzene rings is 1. The van der Waals surface area contributed by atoms with Crippen molar-refractivity contribution < 1.29 is 0 Å². The van der Waals surface area contributed by atoms with Crippen LogP contribution in [0.3, 0.4) is 0 Å². The van der Waals surface area contributed by atoms with Gasteiger partial charge in [-0.3, -0.25) is 4.98 Å². The second-order valence-corrected chi connectivity index (χ2v) is 5.26. The van der Waals surface area contributed by atoms with Gasteiger partial charge < -0.3 is 0 Å². The molecule has 3 aromatic rings. The van der Waals surface area contributed by atoms with Crippen LogP contribution in [0.25, 0.3) is 11.3 Å². The van der Waals surface area contributed by atoms with Gasteiger partial charge in [0.15, 0.2) is 0 Å². The van der Waals surface area contributed by atoms with Crippen molar-refractivity contribution in [3.63, 3.8) is 0 Å². The molecule has 0 saturated carbocycles. The predicted octanol–water partition coefficient (Wildman–Crippen LogP) is 3.67. The van der Waals surface area contributed by atoms with Crippen LogP contribution in [0, 0.1) is 11.3 Å². The number of pyridine rings is 1. The van der Waals surface area contributed by atoms with Crippen molar-refractivity contribution in [2.45, 2.75) is 6.42 Å². The van der Waals surface area contributed by atoms with Gasteiger partial charge in [0.25, 0.3) is 0 Å². The van der Waals surface area contributed by atoms with Crippen LogP contribution in [0.2, 0.25) is 0 Å². The van der Waals surface area contributed by atoms with E-state index >= 15 is 0 Å². The van der Waals surface area contributed by atoms with Crippen LogP contribution in [0.1, 0.15) is 16.3 Å². The minimum Gasteiger partial charge on any atom is -0.261 e. The maximum absolute atomic E-state index is 8.93. The van der Waals surface area contributed by atoms with E-state index in [0.29, 0.717) is 5.56 Å². The zero-order valence-corrected chi connectivity index (χ0v) is 11.5. The first-order valence-corrected chi connectivity index (χ1v) is 7.08. The van der Waals surface area contributed by atoms with Crippen molar-refractivity contribution in [3.05, 3.63) is 70.3 Å². The van der Waals surface area contributed by atoms with Gasteiger partial charge in [-0.05, 0) is 24.3 Å². The Morgan fingerprint density at radius 2 is 2.10 bits per heavy atom. The lowest BCUT2D eigenvalue weighted by molar-refractivity contribution is 1.05. The third kappa shape index (κ3) is 2.73. The van der Waals surface area contributed by atoms with Gasteiger partial charge in [-0.15, -0.1) is 11.3 Å². The molecule has 20 heavy (non-hydrogen) atoms. The second kappa shape index (κ2) is 5.64. The third-order valence-electron chi connectivity index (χ3n) is 2.90. The first-order chi connectivity index (χ1) is 9.85. The van der Waals surface area contributed by atoms with Crippen molar-refractivity contribution in [2.75, 3.05) is 0 Å². The normalized spacial score (nSPS) is 10.2. The summed E-state index contributed by atoms with van der Waals surface area (Å²) in [4.78, 5) is 8.93. The van der Waals surface area contributed by atoms with Gasteiger partial charge in [-0.1, -0.05) is 18.2 Å². The lowest BCUT2D eigenvalue weighted by Gasteiger charge is -1.97. The Morgan fingerprint density at radius 3 is 2.90 bits per heavy atom. The summed E-state index contributed by atoms with van der Waals surface area (Å²) in [6, 6.07) is 15.5. The van der Waals surface area contributed by atoms with Crippen LogP contribution in [0.4, 0.5) is 0 Å². The van der Waals surface area contributed by atoms with Crippen molar-refractivity contribution in [1.29, 1.82) is 5.26 Å². The van der Waals surface area contributed by atoms with Crippen LogP contribution in [-0.2, 0) is 6.42 Å². The monoisotopic (exact) mass is 277 g/mol. The van der Waals surface area contributed by atoms with Crippen LogP contribution >= 0.6 is 11.3 Å². The molecule has 0 aliphatic carbocycles. The lowest BCUT2D eigenvalue weighted by Crippen LogP contribution is -1.90. The number of nitrogens with zero attached hydrogens (tertiary/aromatic N) is 3. The summed E-state index contributed by atoms with van der Waals surface area (Å²) >= 11 is 1.62. The van der Waals surface area contributed by atoms with Crippen molar-refractivity contribution in [3.8, 4) is 17.3 Å². The molecule has 96 valence electrons. The zero-order valence-electron chi connectivity index (χ0n) is 10.7. The van der Waals surface area contributed by atoms with Crippen LogP contribution in [0.5, 0.6) is 0 Å². The molecule has 0 fully saturated rings. The number of nitriles is 1. The van der Waals surface area contributed by atoms with Crippen LogP contribution in [0.15, 0.2) is 54.0 Å². The summed E-state index contributed by atoms with van der Waals surface area (Å²) in [6.45, 7) is 0. The summed E-state index contributed by atoms with van der Waals surface area (Å²) in [5, 5.41) is 12.0. The maximum Gasteiger partial charge on any atom is 0.0992 e.